The highest BCUT2D eigenvalue weighted by atomic mass is 32.2. The fraction of sp³-hybridized carbons (Fsp3) is 0.769. The van der Waals surface area contributed by atoms with Crippen LogP contribution in [-0.2, 0) is 27.8 Å². The van der Waals surface area contributed by atoms with Gasteiger partial charge in [0.05, 0.1) is 11.8 Å². The van der Waals surface area contributed by atoms with Crippen molar-refractivity contribution in [2.75, 3.05) is 13.2 Å². The molecule has 6 nitrogen and oxygen atoms in total. The molecule has 0 saturated carbocycles. The summed E-state index contributed by atoms with van der Waals surface area (Å²) in [5, 5.41) is -0.343. The van der Waals surface area contributed by atoms with E-state index >= 15 is 0 Å². The van der Waals surface area contributed by atoms with Crippen molar-refractivity contribution in [2.24, 2.45) is 5.92 Å². The van der Waals surface area contributed by atoms with Gasteiger partial charge in [-0.05, 0) is 18.8 Å². The van der Waals surface area contributed by atoms with Crippen molar-refractivity contribution in [1.29, 1.82) is 0 Å². The molecular weight excluding hydrogens is 278 g/mol. The van der Waals surface area contributed by atoms with Crippen molar-refractivity contribution in [3.05, 3.63) is 18.2 Å². The molecule has 1 N–H and O–H groups in total. The highest BCUT2D eigenvalue weighted by Gasteiger charge is 2.27. The van der Waals surface area contributed by atoms with Gasteiger partial charge in [-0.15, -0.1) is 0 Å². The normalized spacial score (nSPS) is 17.8. The van der Waals surface area contributed by atoms with Crippen LogP contribution in [0.15, 0.2) is 12.4 Å². The van der Waals surface area contributed by atoms with Crippen molar-refractivity contribution >= 4 is 10.0 Å². The molecule has 0 radical (unpaired) electrons. The quantitative estimate of drug-likeness (QED) is 0.855. The van der Waals surface area contributed by atoms with E-state index in [9.17, 15) is 8.42 Å². The van der Waals surface area contributed by atoms with Gasteiger partial charge in [-0.3, -0.25) is 0 Å². The molecule has 0 unspecified atom stereocenters. The Balaban J connectivity index is 1.95. The van der Waals surface area contributed by atoms with Gasteiger partial charge in [0.2, 0.25) is 10.0 Å². The molecule has 0 atom stereocenters. The van der Waals surface area contributed by atoms with Crippen LogP contribution in [0.3, 0.4) is 0 Å². The van der Waals surface area contributed by atoms with Crippen LogP contribution in [0.1, 0.15) is 32.5 Å². The third-order valence-corrected chi connectivity index (χ3v) is 5.30. The Hall–Kier alpha value is -0.920. The molecule has 1 aromatic heterocycles. The summed E-state index contributed by atoms with van der Waals surface area (Å²) in [5.74, 6) is 1.25. The molecule has 0 aliphatic carbocycles. The van der Waals surface area contributed by atoms with Crippen molar-refractivity contribution in [2.45, 2.75) is 45.0 Å². The van der Waals surface area contributed by atoms with E-state index in [2.05, 4.69) is 23.6 Å². The first-order chi connectivity index (χ1) is 9.49. The van der Waals surface area contributed by atoms with E-state index in [0.29, 0.717) is 32.0 Å². The van der Waals surface area contributed by atoms with Crippen molar-refractivity contribution in [1.82, 2.24) is 14.3 Å². The van der Waals surface area contributed by atoms with Gasteiger partial charge in [-0.1, -0.05) is 13.8 Å². The largest absolute Gasteiger partial charge is 0.381 e. The van der Waals surface area contributed by atoms with E-state index in [4.69, 9.17) is 4.74 Å². The van der Waals surface area contributed by atoms with E-state index in [-0.39, 0.29) is 11.8 Å². The Labute approximate surface area is 120 Å². The number of nitrogens with one attached hydrogen (secondary N) is 1. The van der Waals surface area contributed by atoms with Crippen LogP contribution in [0, 0.1) is 5.92 Å². The van der Waals surface area contributed by atoms with E-state index < -0.39 is 10.0 Å². The van der Waals surface area contributed by atoms with Gasteiger partial charge >= 0.3 is 0 Å². The number of rotatable bonds is 6. The summed E-state index contributed by atoms with van der Waals surface area (Å²) in [7, 11) is -3.29. The third-order valence-electron chi connectivity index (χ3n) is 3.40. The summed E-state index contributed by atoms with van der Waals surface area (Å²) in [6.45, 7) is 6.38. The van der Waals surface area contributed by atoms with Gasteiger partial charge in [-0.2, -0.15) is 0 Å². The average Bonchev–Trinajstić information content (AvgIpc) is 2.84. The Morgan fingerprint density at radius 1 is 1.45 bits per heavy atom. The van der Waals surface area contributed by atoms with E-state index in [0.717, 1.165) is 12.4 Å². The fourth-order valence-corrected chi connectivity index (χ4v) is 3.72. The molecule has 1 fully saturated rings. The number of hydrogen-bond acceptors (Lipinski definition) is 4. The van der Waals surface area contributed by atoms with Crippen LogP contribution in [0.25, 0.3) is 0 Å². The van der Waals surface area contributed by atoms with Gasteiger partial charge in [0, 0.05) is 32.2 Å². The monoisotopic (exact) mass is 301 g/mol. The summed E-state index contributed by atoms with van der Waals surface area (Å²) in [6.07, 6.45) is 4.73. The SMILES string of the molecule is CC(C)Cn1ccnc1CNS(=O)(=O)C1CCOCC1. The maximum atomic E-state index is 12.2. The zero-order valence-corrected chi connectivity index (χ0v) is 12.9. The first-order valence-electron chi connectivity index (χ1n) is 7.05. The molecule has 0 bridgehead atoms. The molecule has 7 heteroatoms. The lowest BCUT2D eigenvalue weighted by Gasteiger charge is -2.22. The molecule has 1 aromatic rings. The predicted molar refractivity (Wildman–Crippen MR) is 76.7 cm³/mol. The van der Waals surface area contributed by atoms with Crippen LogP contribution >= 0.6 is 0 Å². The fourth-order valence-electron chi connectivity index (χ4n) is 2.34. The molecule has 0 amide bonds. The van der Waals surface area contributed by atoms with Crippen LogP contribution in [0.4, 0.5) is 0 Å². The van der Waals surface area contributed by atoms with Gasteiger partial charge in [0.25, 0.3) is 0 Å². The Morgan fingerprint density at radius 2 is 2.15 bits per heavy atom. The molecule has 114 valence electrons. The second kappa shape index (κ2) is 6.69. The van der Waals surface area contributed by atoms with Crippen LogP contribution in [0.5, 0.6) is 0 Å². The minimum atomic E-state index is -3.29. The maximum absolute atomic E-state index is 12.2. The molecule has 1 aliphatic rings. The lowest BCUT2D eigenvalue weighted by atomic mass is 10.2. The number of hydrogen-bond donors (Lipinski definition) is 1. The standard InChI is InChI=1S/C13H23N3O3S/c1-11(2)10-16-6-5-14-13(16)9-15-20(17,18)12-3-7-19-8-4-12/h5-6,11-12,15H,3-4,7-10H2,1-2H3. The van der Waals surface area contributed by atoms with Gasteiger partial charge in [0.15, 0.2) is 0 Å². The lowest BCUT2D eigenvalue weighted by molar-refractivity contribution is 0.0981. The highest BCUT2D eigenvalue weighted by molar-refractivity contribution is 7.90. The first-order valence-corrected chi connectivity index (χ1v) is 8.60. The second-order valence-corrected chi connectivity index (χ2v) is 7.61. The maximum Gasteiger partial charge on any atom is 0.215 e. The van der Waals surface area contributed by atoms with Gasteiger partial charge in [0.1, 0.15) is 5.82 Å². The van der Waals surface area contributed by atoms with E-state index in [1.54, 1.807) is 6.20 Å². The van der Waals surface area contributed by atoms with Crippen LogP contribution in [-0.4, -0.2) is 36.4 Å². The van der Waals surface area contributed by atoms with E-state index in [1.165, 1.54) is 0 Å². The molecule has 1 saturated heterocycles. The third kappa shape index (κ3) is 4.04. The second-order valence-electron chi connectivity index (χ2n) is 5.57. The molecule has 2 rings (SSSR count). The Morgan fingerprint density at radius 3 is 2.80 bits per heavy atom. The molecule has 0 aromatic carbocycles. The summed E-state index contributed by atoms with van der Waals surface area (Å²) in [6, 6.07) is 0. The van der Waals surface area contributed by atoms with Crippen LogP contribution < -0.4 is 4.72 Å². The predicted octanol–water partition coefficient (Wildman–Crippen LogP) is 1.14. The number of sulfonamides is 1. The summed E-state index contributed by atoms with van der Waals surface area (Å²) >= 11 is 0. The zero-order valence-electron chi connectivity index (χ0n) is 12.1. The van der Waals surface area contributed by atoms with Crippen molar-refractivity contribution in [3.63, 3.8) is 0 Å². The minimum absolute atomic E-state index is 0.249. The number of ether oxygens (including phenoxy) is 1. The lowest BCUT2D eigenvalue weighted by Crippen LogP contribution is -2.38. The first kappa shape index (κ1) is 15.5. The summed E-state index contributed by atoms with van der Waals surface area (Å²) in [4.78, 5) is 4.23. The summed E-state index contributed by atoms with van der Waals surface area (Å²) in [5.41, 5.74) is 0. The molecule has 2 heterocycles. The average molecular weight is 301 g/mol. The Bertz CT molecular complexity index is 519. The molecule has 1 aliphatic heterocycles. The van der Waals surface area contributed by atoms with Gasteiger partial charge in [-0.25, -0.2) is 18.1 Å². The van der Waals surface area contributed by atoms with Crippen molar-refractivity contribution in [3.8, 4) is 0 Å². The minimum Gasteiger partial charge on any atom is -0.381 e. The number of imidazole rings is 1. The smallest absolute Gasteiger partial charge is 0.215 e. The zero-order chi connectivity index (χ0) is 14.6. The molecule has 0 spiro atoms. The Kier molecular flexibility index (Phi) is 5.17. The number of nitrogens with zero attached hydrogens (tertiary/aromatic N) is 2. The summed E-state index contributed by atoms with van der Waals surface area (Å²) < 4.78 is 34.3. The molecular formula is C13H23N3O3S. The molecule has 20 heavy (non-hydrogen) atoms. The number of aromatic nitrogens is 2. The van der Waals surface area contributed by atoms with Crippen molar-refractivity contribution < 1.29 is 13.2 Å². The van der Waals surface area contributed by atoms with Crippen LogP contribution in [0.2, 0.25) is 0 Å². The highest BCUT2D eigenvalue weighted by Crippen LogP contribution is 2.15. The van der Waals surface area contributed by atoms with Gasteiger partial charge < -0.3 is 9.30 Å². The van der Waals surface area contributed by atoms with E-state index in [1.807, 2.05) is 10.8 Å². The topological polar surface area (TPSA) is 73.2 Å².